The number of aliphatic hydroxyl groups is 1. The number of aromatic nitrogens is 4. The molecular weight excluding hydrogens is 375 g/mol. The smallest absolute Gasteiger partial charge is 0.395 e. The molecule has 0 saturated carbocycles. The van der Waals surface area contributed by atoms with Crippen molar-refractivity contribution in [3.8, 4) is 11.5 Å². The molecule has 3 aromatic rings. The van der Waals surface area contributed by atoms with Crippen LogP contribution in [0.25, 0.3) is 11.5 Å². The van der Waals surface area contributed by atoms with E-state index in [0.29, 0.717) is 12.0 Å². The number of amides is 1. The highest BCUT2D eigenvalue weighted by atomic mass is 19.1. The van der Waals surface area contributed by atoms with Crippen LogP contribution in [0.15, 0.2) is 32.1 Å². The molecule has 28 heavy (non-hydrogen) atoms. The summed E-state index contributed by atoms with van der Waals surface area (Å²) < 4.78 is 24.3. The molecule has 1 unspecified atom stereocenters. The van der Waals surface area contributed by atoms with Crippen LogP contribution in [0.5, 0.6) is 0 Å². The molecule has 146 valence electrons. The molecule has 0 bridgehead atoms. The van der Waals surface area contributed by atoms with Crippen LogP contribution in [-0.4, -0.2) is 50.7 Å². The van der Waals surface area contributed by atoms with E-state index in [2.05, 4.69) is 26.1 Å². The lowest BCUT2D eigenvalue weighted by Gasteiger charge is -2.30. The van der Waals surface area contributed by atoms with Gasteiger partial charge in [-0.05, 0) is 40.0 Å². The number of carbonyl (C=O) groups excluding carboxylic acids is 1. The molecule has 3 N–H and O–H groups in total. The number of hydrogen-bond acceptors (Lipinski definition) is 9. The Morgan fingerprint density at radius 3 is 3.04 bits per heavy atom. The number of rotatable bonds is 7. The Morgan fingerprint density at radius 2 is 2.21 bits per heavy atom. The molecule has 1 aromatic carbocycles. The van der Waals surface area contributed by atoms with E-state index in [1.54, 1.807) is 6.07 Å². The number of fused-ring (bicyclic) bond motifs is 1. The molecule has 11 nitrogen and oxygen atoms in total. The van der Waals surface area contributed by atoms with E-state index in [4.69, 9.17) is 14.3 Å². The van der Waals surface area contributed by atoms with Crippen molar-refractivity contribution in [1.29, 1.82) is 0 Å². The summed E-state index contributed by atoms with van der Waals surface area (Å²) in [5, 5.41) is 25.1. The van der Waals surface area contributed by atoms with Crippen LogP contribution < -0.4 is 16.4 Å². The van der Waals surface area contributed by atoms with Crippen LogP contribution in [0, 0.1) is 5.82 Å². The molecule has 1 atom stereocenters. The second kappa shape index (κ2) is 7.23. The minimum Gasteiger partial charge on any atom is -0.395 e. The Balaban J connectivity index is 1.60. The molecular formula is C16H15FN6O5. The first kappa shape index (κ1) is 17.9. The lowest BCUT2D eigenvalue weighted by Crippen LogP contribution is -2.32. The van der Waals surface area contributed by atoms with Gasteiger partial charge in [-0.15, -0.1) is 0 Å². The average Bonchev–Trinajstić information content (AvgIpc) is 3.28. The van der Waals surface area contributed by atoms with Gasteiger partial charge in [0, 0.05) is 6.54 Å². The van der Waals surface area contributed by atoms with Crippen molar-refractivity contribution in [3.05, 3.63) is 45.7 Å². The molecule has 0 spiro atoms. The van der Waals surface area contributed by atoms with E-state index in [9.17, 15) is 14.0 Å². The molecule has 1 aliphatic carbocycles. The zero-order valence-corrected chi connectivity index (χ0v) is 14.4. The Kier molecular flexibility index (Phi) is 4.61. The number of halogens is 1. The quantitative estimate of drug-likeness (QED) is 0.494. The van der Waals surface area contributed by atoms with Gasteiger partial charge < -0.3 is 15.7 Å². The van der Waals surface area contributed by atoms with Crippen molar-refractivity contribution in [2.45, 2.75) is 12.5 Å². The van der Waals surface area contributed by atoms with Gasteiger partial charge in [0.05, 0.1) is 19.2 Å². The van der Waals surface area contributed by atoms with Gasteiger partial charge in [0.2, 0.25) is 17.5 Å². The van der Waals surface area contributed by atoms with Gasteiger partial charge in [0.25, 0.3) is 0 Å². The van der Waals surface area contributed by atoms with Crippen molar-refractivity contribution in [2.75, 3.05) is 25.0 Å². The van der Waals surface area contributed by atoms with Crippen molar-refractivity contribution >= 4 is 11.7 Å². The second-order valence-electron chi connectivity index (χ2n) is 6.09. The van der Waals surface area contributed by atoms with Crippen LogP contribution in [0.1, 0.15) is 17.2 Å². The van der Waals surface area contributed by atoms with E-state index in [-0.39, 0.29) is 42.9 Å². The minimum atomic E-state index is -0.732. The maximum absolute atomic E-state index is 13.6. The fraction of sp³-hybridized carbons (Fsp3) is 0.312. The van der Waals surface area contributed by atoms with Crippen LogP contribution in [0.3, 0.4) is 0 Å². The van der Waals surface area contributed by atoms with E-state index < -0.39 is 17.6 Å². The van der Waals surface area contributed by atoms with Gasteiger partial charge >= 0.3 is 5.76 Å². The Morgan fingerprint density at radius 1 is 1.36 bits per heavy atom. The SMILES string of the molecule is O=C(CNc1nonc1-c1noc(=O)n1C1Cc2ccc(F)cc21)NCCO. The first-order valence-corrected chi connectivity index (χ1v) is 8.39. The van der Waals surface area contributed by atoms with Gasteiger partial charge in [-0.2, -0.15) is 0 Å². The Bertz CT molecular complexity index is 1070. The number of benzene rings is 1. The predicted molar refractivity (Wildman–Crippen MR) is 90.9 cm³/mol. The average molecular weight is 390 g/mol. The summed E-state index contributed by atoms with van der Waals surface area (Å²) in [6, 6.07) is 3.92. The Hall–Kier alpha value is -3.54. The minimum absolute atomic E-state index is 0.0458. The fourth-order valence-electron chi connectivity index (χ4n) is 3.04. The zero-order valence-electron chi connectivity index (χ0n) is 14.4. The van der Waals surface area contributed by atoms with Crippen LogP contribution >= 0.6 is 0 Å². The van der Waals surface area contributed by atoms with Crippen molar-refractivity contribution in [1.82, 2.24) is 25.4 Å². The van der Waals surface area contributed by atoms with Crippen LogP contribution in [0.4, 0.5) is 10.2 Å². The molecule has 0 radical (unpaired) electrons. The van der Waals surface area contributed by atoms with Crippen molar-refractivity contribution in [3.63, 3.8) is 0 Å². The lowest BCUT2D eigenvalue weighted by atomic mass is 9.83. The molecule has 0 saturated heterocycles. The highest BCUT2D eigenvalue weighted by molar-refractivity contribution is 5.81. The molecule has 2 aromatic heterocycles. The van der Waals surface area contributed by atoms with Gasteiger partial charge in [-0.3, -0.25) is 9.32 Å². The van der Waals surface area contributed by atoms with E-state index in [1.807, 2.05) is 0 Å². The third-order valence-corrected chi connectivity index (χ3v) is 4.38. The first-order chi connectivity index (χ1) is 13.6. The standard InChI is InChI=1S/C16H15FN6O5/c17-9-2-1-8-5-11(10(8)6-9)23-15(22-27-16(23)26)13-14(21-28-20-13)19-7-12(25)18-3-4-24/h1-2,6,11,24H,3-5,7H2,(H,18,25)(H,19,21). The van der Waals surface area contributed by atoms with Gasteiger partial charge in [-0.25, -0.2) is 18.4 Å². The van der Waals surface area contributed by atoms with Crippen LogP contribution in [-0.2, 0) is 11.2 Å². The molecule has 0 fully saturated rings. The molecule has 0 aliphatic heterocycles. The monoisotopic (exact) mass is 390 g/mol. The van der Waals surface area contributed by atoms with E-state index >= 15 is 0 Å². The highest BCUT2D eigenvalue weighted by Gasteiger charge is 2.34. The first-order valence-electron chi connectivity index (χ1n) is 8.39. The van der Waals surface area contributed by atoms with Crippen molar-refractivity contribution < 1.29 is 23.4 Å². The maximum Gasteiger partial charge on any atom is 0.442 e. The third kappa shape index (κ3) is 3.13. The summed E-state index contributed by atoms with van der Waals surface area (Å²) in [5.74, 6) is -1.40. The summed E-state index contributed by atoms with van der Waals surface area (Å²) in [7, 11) is 0. The molecule has 1 amide bonds. The number of anilines is 1. The number of aliphatic hydroxyl groups excluding tert-OH is 1. The van der Waals surface area contributed by atoms with Gasteiger partial charge in [-0.1, -0.05) is 11.2 Å². The number of nitrogens with one attached hydrogen (secondary N) is 2. The van der Waals surface area contributed by atoms with Gasteiger partial charge in [0.15, 0.2) is 5.69 Å². The van der Waals surface area contributed by atoms with Gasteiger partial charge in [0.1, 0.15) is 5.82 Å². The lowest BCUT2D eigenvalue weighted by molar-refractivity contribution is -0.119. The third-order valence-electron chi connectivity index (χ3n) is 4.38. The van der Waals surface area contributed by atoms with Crippen molar-refractivity contribution in [2.24, 2.45) is 0 Å². The largest absolute Gasteiger partial charge is 0.442 e. The fourth-order valence-corrected chi connectivity index (χ4v) is 3.04. The molecule has 12 heteroatoms. The highest BCUT2D eigenvalue weighted by Crippen LogP contribution is 2.38. The summed E-state index contributed by atoms with van der Waals surface area (Å²) in [5.41, 5.74) is 1.65. The zero-order chi connectivity index (χ0) is 19.7. The number of carbonyl (C=O) groups is 1. The predicted octanol–water partition coefficient (Wildman–Crippen LogP) is -0.309. The van der Waals surface area contributed by atoms with E-state index in [1.165, 1.54) is 16.7 Å². The molecule has 1 aliphatic rings. The van der Waals surface area contributed by atoms with Crippen LogP contribution in [0.2, 0.25) is 0 Å². The normalized spacial score (nSPS) is 15.0. The topological polar surface area (TPSA) is 148 Å². The number of nitrogens with zero attached hydrogens (tertiary/aromatic N) is 4. The Labute approximate surface area is 156 Å². The summed E-state index contributed by atoms with van der Waals surface area (Å²) in [4.78, 5) is 23.9. The second-order valence-corrected chi connectivity index (χ2v) is 6.09. The molecule has 2 heterocycles. The molecule has 4 rings (SSSR count). The maximum atomic E-state index is 13.6. The summed E-state index contributed by atoms with van der Waals surface area (Å²) >= 11 is 0. The summed E-state index contributed by atoms with van der Waals surface area (Å²) in [6.07, 6.45) is 0.501. The van der Waals surface area contributed by atoms with E-state index in [0.717, 1.165) is 5.56 Å². The number of hydrogen-bond donors (Lipinski definition) is 3. The summed E-state index contributed by atoms with van der Waals surface area (Å²) in [6.45, 7) is -0.233.